The van der Waals surface area contributed by atoms with Gasteiger partial charge in [0.1, 0.15) is 11.5 Å². The Kier molecular flexibility index (Phi) is 7.03. The molecule has 118 valence electrons. The molecule has 0 N–H and O–H groups in total. The lowest BCUT2D eigenvalue weighted by atomic mass is 10.2. The van der Waals surface area contributed by atoms with Crippen LogP contribution >= 0.6 is 45.5 Å². The number of halogens is 4. The first kappa shape index (κ1) is 18.8. The molecule has 0 radical (unpaired) electrons. The van der Waals surface area contributed by atoms with E-state index in [4.69, 9.17) is 55.0 Å². The third-order valence-corrected chi connectivity index (χ3v) is 4.89. The molecule has 0 aliphatic carbocycles. The van der Waals surface area contributed by atoms with E-state index in [1.54, 1.807) is 6.92 Å². The molecule has 0 atom stereocenters. The molecule has 0 unspecified atom stereocenters. The monoisotopic (exact) mass is 394 g/mol. The van der Waals surface area contributed by atoms with Crippen LogP contribution in [0.3, 0.4) is 0 Å². The quantitative estimate of drug-likeness (QED) is 0.317. The Balaban J connectivity index is 3.17. The van der Waals surface area contributed by atoms with E-state index >= 15 is 0 Å². The van der Waals surface area contributed by atoms with Gasteiger partial charge in [-0.05, 0) is 13.0 Å². The van der Waals surface area contributed by atoms with Crippen LogP contribution in [0.5, 0.6) is 0 Å². The van der Waals surface area contributed by atoms with Crippen LogP contribution in [-0.4, -0.2) is 34.2 Å². The minimum atomic E-state index is -4.19. The molecule has 1 aromatic carbocycles. The number of esters is 1. The molecule has 0 saturated heterocycles. The van der Waals surface area contributed by atoms with Crippen molar-refractivity contribution in [2.75, 3.05) is 19.8 Å². The molecule has 0 aliphatic rings. The van der Waals surface area contributed by atoms with Crippen LogP contribution in [0, 0.1) is 0 Å². The molecule has 1 rings (SSSR count). The van der Waals surface area contributed by atoms with Crippen LogP contribution < -0.4 is 0 Å². The van der Waals surface area contributed by atoms with Crippen molar-refractivity contribution in [2.45, 2.75) is 11.8 Å². The van der Waals surface area contributed by atoms with E-state index in [9.17, 15) is 13.2 Å². The van der Waals surface area contributed by atoms with Crippen LogP contribution in [0.25, 0.3) is 0 Å². The molecule has 0 aliphatic heterocycles. The average Bonchev–Trinajstić information content (AvgIpc) is 2.38. The van der Waals surface area contributed by atoms with Crippen molar-refractivity contribution in [2.24, 2.45) is 0 Å². The Hall–Kier alpha value is -0.240. The van der Waals surface area contributed by atoms with E-state index in [0.29, 0.717) is 6.61 Å². The summed E-state index contributed by atoms with van der Waals surface area (Å²) in [6.07, 6.45) is 0. The lowest BCUT2D eigenvalue weighted by molar-refractivity contribution is 0.0335. The number of carbonyl (C=O) groups is 1. The molecule has 0 bridgehead atoms. The largest absolute Gasteiger partial charge is 0.460 e. The lowest BCUT2D eigenvalue weighted by Crippen LogP contribution is -2.13. The van der Waals surface area contributed by atoms with E-state index in [1.165, 1.54) is 0 Å². The third-order valence-electron chi connectivity index (χ3n) is 2.25. The van der Waals surface area contributed by atoms with Gasteiger partial charge in [0, 0.05) is 17.3 Å². The highest BCUT2D eigenvalue weighted by atomic mass is 35.7. The Morgan fingerprint density at radius 3 is 2.33 bits per heavy atom. The van der Waals surface area contributed by atoms with Crippen LogP contribution in [-0.2, 0) is 18.5 Å². The minimum Gasteiger partial charge on any atom is -0.460 e. The number of hydrogen-bond donors (Lipinski definition) is 0. The number of rotatable bonds is 6. The van der Waals surface area contributed by atoms with Crippen molar-refractivity contribution < 1.29 is 22.7 Å². The predicted molar refractivity (Wildman–Crippen MR) is 81.3 cm³/mol. The van der Waals surface area contributed by atoms with Crippen molar-refractivity contribution in [1.82, 2.24) is 0 Å². The van der Waals surface area contributed by atoms with Crippen LogP contribution in [0.2, 0.25) is 15.1 Å². The fourth-order valence-corrected chi connectivity index (χ4v) is 3.48. The fraction of sp³-hybridized carbons (Fsp3) is 0.364. The van der Waals surface area contributed by atoms with E-state index in [2.05, 4.69) is 0 Å². The molecule has 0 heterocycles. The van der Waals surface area contributed by atoms with Crippen LogP contribution in [0.15, 0.2) is 11.0 Å². The molecule has 21 heavy (non-hydrogen) atoms. The first-order chi connectivity index (χ1) is 9.70. The molecule has 0 spiro atoms. The second-order valence-corrected chi connectivity index (χ2v) is 7.33. The minimum absolute atomic E-state index is 0.0468. The number of ether oxygens (including phenoxy) is 2. The maximum Gasteiger partial charge on any atom is 0.341 e. The predicted octanol–water partition coefficient (Wildman–Crippen LogP) is 3.77. The Bertz CT molecular complexity index is 645. The van der Waals surface area contributed by atoms with Gasteiger partial charge >= 0.3 is 5.97 Å². The molecule has 0 amide bonds. The third kappa shape index (κ3) is 4.87. The lowest BCUT2D eigenvalue weighted by Gasteiger charge is -2.11. The summed E-state index contributed by atoms with van der Waals surface area (Å²) in [6.45, 7) is 2.38. The van der Waals surface area contributed by atoms with Crippen molar-refractivity contribution in [1.29, 1.82) is 0 Å². The zero-order valence-corrected chi connectivity index (χ0v) is 14.5. The highest BCUT2D eigenvalue weighted by Gasteiger charge is 2.27. The highest BCUT2D eigenvalue weighted by Crippen LogP contribution is 2.38. The van der Waals surface area contributed by atoms with Gasteiger partial charge in [0.05, 0.1) is 27.2 Å². The zero-order chi connectivity index (χ0) is 16.2. The van der Waals surface area contributed by atoms with Crippen molar-refractivity contribution >= 4 is 60.5 Å². The van der Waals surface area contributed by atoms with Gasteiger partial charge in [-0.1, -0.05) is 34.8 Å². The number of carbonyl (C=O) groups excluding carboxylic acids is 1. The topological polar surface area (TPSA) is 69.7 Å². The molecular formula is C11H10Cl4O5S. The summed E-state index contributed by atoms with van der Waals surface area (Å²) in [4.78, 5) is 11.4. The average molecular weight is 396 g/mol. The van der Waals surface area contributed by atoms with E-state index < -0.39 is 24.9 Å². The molecule has 10 heteroatoms. The normalized spacial score (nSPS) is 11.5. The SMILES string of the molecule is CCOCCOC(=O)c1c(Cl)c(Cl)cc(S(=O)(=O)Cl)c1Cl. The second kappa shape index (κ2) is 7.85. The van der Waals surface area contributed by atoms with Crippen molar-refractivity contribution in [3.8, 4) is 0 Å². The van der Waals surface area contributed by atoms with Gasteiger partial charge in [-0.2, -0.15) is 0 Å². The zero-order valence-electron chi connectivity index (χ0n) is 10.7. The van der Waals surface area contributed by atoms with E-state index in [1.807, 2.05) is 0 Å². The summed E-state index contributed by atoms with van der Waals surface area (Å²) in [5, 5.41) is -0.843. The van der Waals surface area contributed by atoms with Crippen LogP contribution in [0.4, 0.5) is 0 Å². The molecular weight excluding hydrogens is 386 g/mol. The Morgan fingerprint density at radius 2 is 1.81 bits per heavy atom. The maximum atomic E-state index is 11.9. The van der Waals surface area contributed by atoms with Gasteiger partial charge < -0.3 is 9.47 Å². The smallest absolute Gasteiger partial charge is 0.341 e. The second-order valence-electron chi connectivity index (χ2n) is 3.63. The molecule has 0 fully saturated rings. The standard InChI is InChI=1S/C11H10Cl4O5S/c1-2-19-3-4-20-11(16)8-9(13)6(12)5-7(10(8)14)21(15,17)18/h5H,2-4H2,1H3. The van der Waals surface area contributed by atoms with Gasteiger partial charge in [-0.15, -0.1) is 0 Å². The summed E-state index contributed by atoms with van der Waals surface area (Å²) in [5.74, 6) is -0.922. The molecule has 0 aromatic heterocycles. The number of hydrogen-bond acceptors (Lipinski definition) is 5. The van der Waals surface area contributed by atoms with Crippen LogP contribution in [0.1, 0.15) is 17.3 Å². The van der Waals surface area contributed by atoms with E-state index in [-0.39, 0.29) is 28.8 Å². The van der Waals surface area contributed by atoms with Gasteiger partial charge in [0.25, 0.3) is 9.05 Å². The summed E-state index contributed by atoms with van der Waals surface area (Å²) in [7, 11) is 1.03. The van der Waals surface area contributed by atoms with Gasteiger partial charge in [0.15, 0.2) is 0 Å². The Morgan fingerprint density at radius 1 is 1.19 bits per heavy atom. The van der Waals surface area contributed by atoms with Crippen molar-refractivity contribution in [3.63, 3.8) is 0 Å². The summed E-state index contributed by atoms with van der Waals surface area (Å²) in [5.41, 5.74) is -0.360. The highest BCUT2D eigenvalue weighted by molar-refractivity contribution is 8.13. The van der Waals surface area contributed by atoms with E-state index in [0.717, 1.165) is 6.07 Å². The summed E-state index contributed by atoms with van der Waals surface area (Å²) in [6, 6.07) is 0.964. The molecule has 0 saturated carbocycles. The molecule has 5 nitrogen and oxygen atoms in total. The summed E-state index contributed by atoms with van der Waals surface area (Å²) >= 11 is 17.5. The maximum absolute atomic E-state index is 11.9. The van der Waals surface area contributed by atoms with Gasteiger partial charge in [-0.25, -0.2) is 13.2 Å². The first-order valence-electron chi connectivity index (χ1n) is 5.57. The first-order valence-corrected chi connectivity index (χ1v) is 9.01. The summed E-state index contributed by atoms with van der Waals surface area (Å²) < 4.78 is 32.7. The number of benzene rings is 1. The van der Waals surface area contributed by atoms with Crippen molar-refractivity contribution in [3.05, 3.63) is 26.7 Å². The fourth-order valence-electron chi connectivity index (χ4n) is 1.35. The van der Waals surface area contributed by atoms with Gasteiger partial charge in [0.2, 0.25) is 0 Å². The molecule has 1 aromatic rings. The van der Waals surface area contributed by atoms with Gasteiger partial charge in [-0.3, -0.25) is 0 Å². The Labute approximate surface area is 141 Å².